The van der Waals surface area contributed by atoms with Gasteiger partial charge in [0.05, 0.1) is 10.2 Å². The van der Waals surface area contributed by atoms with Gasteiger partial charge in [0.1, 0.15) is 13.2 Å². The normalized spacial score (nSPS) is 12.9. The average molecular weight is 341 g/mol. The lowest BCUT2D eigenvalue weighted by Gasteiger charge is -2.17. The number of ether oxygens (including phenoxy) is 2. The number of fused-ring (bicyclic) bond motifs is 2. The second-order valence-electron chi connectivity index (χ2n) is 5.43. The topological polar surface area (TPSA) is 72.5 Å². The summed E-state index contributed by atoms with van der Waals surface area (Å²) < 4.78 is 12.1. The van der Waals surface area contributed by atoms with Gasteiger partial charge >= 0.3 is 6.03 Å². The van der Waals surface area contributed by atoms with Crippen LogP contribution in [0.3, 0.4) is 0 Å². The first-order valence-electron chi connectivity index (χ1n) is 7.52. The maximum Gasteiger partial charge on any atom is 0.325 e. The molecule has 0 radical (unpaired) electrons. The molecule has 1 aliphatic rings. The number of thiazole rings is 1. The molecule has 0 aliphatic carbocycles. The minimum Gasteiger partial charge on any atom is -0.486 e. The van der Waals surface area contributed by atoms with E-state index >= 15 is 0 Å². The van der Waals surface area contributed by atoms with Crippen LogP contribution in [0.25, 0.3) is 10.2 Å². The Bertz CT molecular complexity index is 880. The quantitative estimate of drug-likeness (QED) is 0.738. The summed E-state index contributed by atoms with van der Waals surface area (Å²) in [4.78, 5) is 16.6. The lowest BCUT2D eigenvalue weighted by molar-refractivity contribution is 0.172. The Hall–Kier alpha value is -2.80. The Labute approximate surface area is 142 Å². The van der Waals surface area contributed by atoms with E-state index in [1.807, 2.05) is 43.3 Å². The highest BCUT2D eigenvalue weighted by atomic mass is 32.1. The van der Waals surface area contributed by atoms with Crippen molar-refractivity contribution in [2.45, 2.75) is 6.92 Å². The van der Waals surface area contributed by atoms with E-state index in [9.17, 15) is 4.79 Å². The molecular weight excluding hydrogens is 326 g/mol. The summed E-state index contributed by atoms with van der Waals surface area (Å²) in [6.07, 6.45) is 0. The number of anilines is 2. The van der Waals surface area contributed by atoms with Crippen molar-refractivity contribution in [3.05, 3.63) is 42.0 Å². The number of nitrogens with zero attached hydrogens (tertiary/aromatic N) is 1. The molecule has 2 heterocycles. The third-order valence-corrected chi connectivity index (χ3v) is 4.48. The van der Waals surface area contributed by atoms with E-state index in [2.05, 4.69) is 15.6 Å². The lowest BCUT2D eigenvalue weighted by atomic mass is 10.2. The number of carbonyl (C=O) groups excluding carboxylic acids is 1. The lowest BCUT2D eigenvalue weighted by Crippen LogP contribution is -2.19. The molecule has 0 atom stereocenters. The predicted octanol–water partition coefficient (Wildman–Crippen LogP) is 4.02. The van der Waals surface area contributed by atoms with E-state index in [1.165, 1.54) is 11.3 Å². The fourth-order valence-electron chi connectivity index (χ4n) is 2.50. The summed E-state index contributed by atoms with van der Waals surface area (Å²) in [7, 11) is 0. The first-order valence-corrected chi connectivity index (χ1v) is 8.34. The number of aromatic nitrogens is 1. The first kappa shape index (κ1) is 14.8. The minimum atomic E-state index is -0.322. The van der Waals surface area contributed by atoms with Crippen LogP contribution in [0.1, 0.15) is 5.56 Å². The first-order chi connectivity index (χ1) is 11.7. The van der Waals surface area contributed by atoms with Crippen molar-refractivity contribution in [2.24, 2.45) is 0 Å². The van der Waals surface area contributed by atoms with E-state index in [4.69, 9.17) is 9.47 Å². The van der Waals surface area contributed by atoms with Gasteiger partial charge in [-0.25, -0.2) is 9.78 Å². The van der Waals surface area contributed by atoms with Crippen molar-refractivity contribution >= 4 is 38.4 Å². The van der Waals surface area contributed by atoms with Crippen LogP contribution in [-0.4, -0.2) is 24.2 Å². The summed E-state index contributed by atoms with van der Waals surface area (Å²) in [5.74, 6) is 1.41. The highest BCUT2D eigenvalue weighted by Gasteiger charge is 2.16. The molecule has 122 valence electrons. The van der Waals surface area contributed by atoms with Crippen LogP contribution in [0.4, 0.5) is 15.6 Å². The Kier molecular flexibility index (Phi) is 3.70. The monoisotopic (exact) mass is 341 g/mol. The second-order valence-corrected chi connectivity index (χ2v) is 6.46. The Balaban J connectivity index is 1.52. The van der Waals surface area contributed by atoms with Gasteiger partial charge in [0.2, 0.25) is 0 Å². The van der Waals surface area contributed by atoms with Gasteiger partial charge in [-0.3, -0.25) is 5.32 Å². The number of rotatable bonds is 2. The number of benzene rings is 2. The average Bonchev–Trinajstić information content (AvgIpc) is 2.93. The van der Waals surface area contributed by atoms with Crippen LogP contribution >= 0.6 is 11.3 Å². The van der Waals surface area contributed by atoms with Gasteiger partial charge < -0.3 is 14.8 Å². The van der Waals surface area contributed by atoms with Crippen LogP contribution in [0.5, 0.6) is 11.5 Å². The van der Waals surface area contributed by atoms with E-state index in [0.717, 1.165) is 21.5 Å². The number of nitrogens with one attached hydrogen (secondary N) is 2. The molecule has 0 spiro atoms. The molecule has 6 nitrogen and oxygen atoms in total. The molecular formula is C17H15N3O3S. The number of amides is 2. The van der Waals surface area contributed by atoms with E-state index < -0.39 is 0 Å². The predicted molar refractivity (Wildman–Crippen MR) is 94.4 cm³/mol. The van der Waals surface area contributed by atoms with E-state index in [-0.39, 0.29) is 6.03 Å². The molecule has 1 aliphatic heterocycles. The molecule has 1 aromatic heterocycles. The second kappa shape index (κ2) is 6.01. The Morgan fingerprint density at radius 2 is 1.92 bits per heavy atom. The standard InChI is InChI=1S/C17H15N3O3S/c1-10-3-2-4-11(7-10)18-16(21)20-17-19-12-8-13-14(9-15(12)24-17)23-6-5-22-13/h2-4,7-9H,5-6H2,1H3,(H2,18,19,20,21). The Morgan fingerprint density at radius 1 is 1.12 bits per heavy atom. The summed E-state index contributed by atoms with van der Waals surface area (Å²) in [5.41, 5.74) is 2.60. The number of hydrogen-bond acceptors (Lipinski definition) is 5. The minimum absolute atomic E-state index is 0.322. The number of carbonyl (C=O) groups is 1. The Morgan fingerprint density at radius 3 is 2.71 bits per heavy atom. The zero-order valence-electron chi connectivity index (χ0n) is 13.0. The van der Waals surface area contributed by atoms with Crippen molar-refractivity contribution in [3.63, 3.8) is 0 Å². The molecule has 7 heteroatoms. The van der Waals surface area contributed by atoms with Crippen LogP contribution < -0.4 is 20.1 Å². The van der Waals surface area contributed by atoms with Crippen LogP contribution in [0, 0.1) is 6.92 Å². The van der Waals surface area contributed by atoms with Gasteiger partial charge in [-0.05, 0) is 24.6 Å². The fourth-order valence-corrected chi connectivity index (χ4v) is 3.37. The van der Waals surface area contributed by atoms with Gasteiger partial charge in [0.15, 0.2) is 16.6 Å². The SMILES string of the molecule is Cc1cccc(NC(=O)Nc2nc3cc4c(cc3s2)OCCO4)c1. The van der Waals surface area contributed by atoms with Gasteiger partial charge in [0.25, 0.3) is 0 Å². The molecule has 24 heavy (non-hydrogen) atoms. The molecule has 0 unspecified atom stereocenters. The molecule has 0 bridgehead atoms. The summed E-state index contributed by atoms with van der Waals surface area (Å²) in [6.45, 7) is 3.05. The highest BCUT2D eigenvalue weighted by Crippen LogP contribution is 2.37. The maximum absolute atomic E-state index is 12.1. The van der Waals surface area contributed by atoms with Gasteiger partial charge in [-0.15, -0.1) is 0 Å². The molecule has 3 aromatic rings. The number of aryl methyl sites for hydroxylation is 1. The third kappa shape index (κ3) is 2.98. The van der Waals surface area contributed by atoms with E-state index in [1.54, 1.807) is 0 Å². The maximum atomic E-state index is 12.1. The van der Waals surface area contributed by atoms with E-state index in [0.29, 0.717) is 29.8 Å². The molecule has 0 saturated heterocycles. The smallest absolute Gasteiger partial charge is 0.325 e. The number of urea groups is 1. The zero-order valence-corrected chi connectivity index (χ0v) is 13.8. The largest absolute Gasteiger partial charge is 0.486 e. The highest BCUT2D eigenvalue weighted by molar-refractivity contribution is 7.22. The van der Waals surface area contributed by atoms with Crippen molar-refractivity contribution in [1.29, 1.82) is 0 Å². The molecule has 0 saturated carbocycles. The summed E-state index contributed by atoms with van der Waals surface area (Å²) in [6, 6.07) is 11.0. The van der Waals surface area contributed by atoms with Gasteiger partial charge in [-0.1, -0.05) is 23.5 Å². The van der Waals surface area contributed by atoms with Gasteiger partial charge in [-0.2, -0.15) is 0 Å². The van der Waals surface area contributed by atoms with Crippen LogP contribution in [0.2, 0.25) is 0 Å². The molecule has 0 fully saturated rings. The van der Waals surface area contributed by atoms with Crippen molar-refractivity contribution in [3.8, 4) is 11.5 Å². The van der Waals surface area contributed by atoms with Crippen molar-refractivity contribution in [2.75, 3.05) is 23.8 Å². The number of hydrogen-bond donors (Lipinski definition) is 2. The van der Waals surface area contributed by atoms with Crippen molar-refractivity contribution in [1.82, 2.24) is 4.98 Å². The molecule has 2 N–H and O–H groups in total. The summed E-state index contributed by atoms with van der Waals surface area (Å²) >= 11 is 1.39. The molecule has 2 amide bonds. The van der Waals surface area contributed by atoms with Gasteiger partial charge in [0, 0.05) is 17.8 Å². The van der Waals surface area contributed by atoms with Crippen molar-refractivity contribution < 1.29 is 14.3 Å². The molecule has 4 rings (SSSR count). The summed E-state index contributed by atoms with van der Waals surface area (Å²) in [5, 5.41) is 6.09. The third-order valence-electron chi connectivity index (χ3n) is 3.55. The zero-order chi connectivity index (χ0) is 16.5. The van der Waals surface area contributed by atoms with Crippen LogP contribution in [0.15, 0.2) is 36.4 Å². The molecule has 2 aromatic carbocycles. The fraction of sp³-hybridized carbons (Fsp3) is 0.176. The van der Waals surface area contributed by atoms with Crippen LogP contribution in [-0.2, 0) is 0 Å².